The van der Waals surface area contributed by atoms with E-state index >= 15 is 0 Å². The van der Waals surface area contributed by atoms with Gasteiger partial charge in [-0.2, -0.15) is 0 Å². The number of esters is 1. The van der Waals surface area contributed by atoms with Gasteiger partial charge in [-0.15, -0.1) is 17.9 Å². The molecule has 1 amide bonds. The molecule has 0 bridgehead atoms. The van der Waals surface area contributed by atoms with Crippen LogP contribution in [-0.4, -0.2) is 29.5 Å². The van der Waals surface area contributed by atoms with Gasteiger partial charge in [-0.3, -0.25) is 4.79 Å². The van der Waals surface area contributed by atoms with Gasteiger partial charge in [0.2, 0.25) is 0 Å². The summed E-state index contributed by atoms with van der Waals surface area (Å²) < 4.78 is 10.2. The van der Waals surface area contributed by atoms with Gasteiger partial charge in [-0.1, -0.05) is 6.08 Å². The molecule has 0 aliphatic carbocycles. The van der Waals surface area contributed by atoms with Crippen molar-refractivity contribution in [1.29, 1.82) is 0 Å². The van der Waals surface area contributed by atoms with Gasteiger partial charge in [-0.05, 0) is 19.1 Å². The number of hydrogen-bond acceptors (Lipinski definition) is 7. The molecule has 2 aromatic heterocycles. The number of hydrogen-bond donors (Lipinski definition) is 2. The third-order valence-corrected chi connectivity index (χ3v) is 3.58. The summed E-state index contributed by atoms with van der Waals surface area (Å²) in [5.74, 6) is -0.433. The minimum absolute atomic E-state index is 0.159. The van der Waals surface area contributed by atoms with Gasteiger partial charge in [0.05, 0.1) is 12.8 Å². The molecule has 0 spiro atoms. The summed E-state index contributed by atoms with van der Waals surface area (Å²) in [5, 5.41) is 7.76. The fourth-order valence-electron chi connectivity index (χ4n) is 1.61. The Bertz CT molecular complexity index is 666. The minimum Gasteiger partial charge on any atom is -0.467 e. The second-order valence-electron chi connectivity index (χ2n) is 4.55. The predicted molar refractivity (Wildman–Crippen MR) is 86.2 cm³/mol. The molecule has 0 saturated carbocycles. The number of aromatic nitrogens is 1. The number of nitrogens with one attached hydrogen (secondary N) is 2. The highest BCUT2D eigenvalue weighted by Crippen LogP contribution is 2.16. The van der Waals surface area contributed by atoms with Crippen molar-refractivity contribution in [1.82, 2.24) is 10.3 Å². The molecule has 1 unspecified atom stereocenters. The molecule has 2 rings (SSSR count). The summed E-state index contributed by atoms with van der Waals surface area (Å²) in [6.07, 6.45) is 2.28. The van der Waals surface area contributed by atoms with Crippen molar-refractivity contribution in [3.8, 4) is 0 Å². The first-order valence-electron chi connectivity index (χ1n) is 6.91. The highest BCUT2D eigenvalue weighted by molar-refractivity contribution is 7.13. The molecule has 8 heteroatoms. The molecular weight excluding hydrogens is 318 g/mol. The highest BCUT2D eigenvalue weighted by atomic mass is 32.1. The quantitative estimate of drug-likeness (QED) is 0.567. The molecule has 1 atom stereocenters. The topological polar surface area (TPSA) is 93.5 Å². The number of furan rings is 1. The molecule has 0 aliphatic heterocycles. The number of anilines is 1. The SMILES string of the molecule is C=CCNc1nc(C(=O)OC(C)C(=O)NCc2ccco2)cs1. The Hall–Kier alpha value is -2.61. The Morgan fingerprint density at radius 2 is 2.39 bits per heavy atom. The van der Waals surface area contributed by atoms with E-state index in [2.05, 4.69) is 22.2 Å². The normalized spacial score (nSPS) is 11.5. The number of rotatable bonds is 8. The van der Waals surface area contributed by atoms with Gasteiger partial charge < -0.3 is 19.8 Å². The van der Waals surface area contributed by atoms with E-state index in [-0.39, 0.29) is 12.2 Å². The summed E-state index contributed by atoms with van der Waals surface area (Å²) in [7, 11) is 0. The molecular formula is C15H17N3O4S. The van der Waals surface area contributed by atoms with E-state index < -0.39 is 18.0 Å². The predicted octanol–water partition coefficient (Wildman–Crippen LogP) is 2.20. The lowest BCUT2D eigenvalue weighted by atomic mass is 10.3. The van der Waals surface area contributed by atoms with E-state index in [1.165, 1.54) is 24.5 Å². The number of carbonyl (C=O) groups excluding carboxylic acids is 2. The van der Waals surface area contributed by atoms with Crippen LogP contribution >= 0.6 is 11.3 Å². The maximum absolute atomic E-state index is 12.0. The number of thiazole rings is 1. The zero-order chi connectivity index (χ0) is 16.7. The number of nitrogens with zero attached hydrogens (tertiary/aromatic N) is 1. The van der Waals surface area contributed by atoms with E-state index in [1.807, 2.05) is 0 Å². The van der Waals surface area contributed by atoms with Gasteiger partial charge in [0.15, 0.2) is 16.9 Å². The molecule has 23 heavy (non-hydrogen) atoms. The third-order valence-electron chi connectivity index (χ3n) is 2.78. The monoisotopic (exact) mass is 335 g/mol. The van der Waals surface area contributed by atoms with Crippen molar-refractivity contribution in [2.75, 3.05) is 11.9 Å². The van der Waals surface area contributed by atoms with Crippen molar-refractivity contribution < 1.29 is 18.7 Å². The smallest absolute Gasteiger partial charge is 0.358 e. The molecule has 2 N–H and O–H groups in total. The second kappa shape index (κ2) is 8.14. The molecule has 0 aromatic carbocycles. The average Bonchev–Trinajstić information content (AvgIpc) is 3.21. The first kappa shape index (κ1) is 16.8. The Kier molecular flexibility index (Phi) is 5.93. The van der Waals surface area contributed by atoms with Crippen LogP contribution in [0.2, 0.25) is 0 Å². The highest BCUT2D eigenvalue weighted by Gasteiger charge is 2.20. The van der Waals surface area contributed by atoms with E-state index in [0.717, 1.165) is 0 Å². The van der Waals surface area contributed by atoms with Gasteiger partial charge >= 0.3 is 5.97 Å². The van der Waals surface area contributed by atoms with Crippen LogP contribution in [0, 0.1) is 0 Å². The van der Waals surface area contributed by atoms with Crippen LogP contribution in [0.5, 0.6) is 0 Å². The molecule has 0 aliphatic rings. The Labute approximate surface area is 137 Å². The average molecular weight is 335 g/mol. The van der Waals surface area contributed by atoms with Crippen molar-refractivity contribution in [3.05, 3.63) is 47.9 Å². The summed E-state index contributed by atoms with van der Waals surface area (Å²) >= 11 is 1.28. The van der Waals surface area contributed by atoms with Crippen LogP contribution in [0.25, 0.3) is 0 Å². The van der Waals surface area contributed by atoms with Crippen molar-refractivity contribution >= 4 is 28.3 Å². The third kappa shape index (κ3) is 4.96. The Balaban J connectivity index is 1.82. The van der Waals surface area contributed by atoms with Gasteiger partial charge in [0.25, 0.3) is 5.91 Å². The lowest BCUT2D eigenvalue weighted by Gasteiger charge is -2.12. The summed E-state index contributed by atoms with van der Waals surface area (Å²) in [4.78, 5) is 27.9. The zero-order valence-electron chi connectivity index (χ0n) is 12.6. The zero-order valence-corrected chi connectivity index (χ0v) is 13.4. The van der Waals surface area contributed by atoms with Gasteiger partial charge in [0.1, 0.15) is 5.76 Å². The molecule has 2 aromatic rings. The molecule has 122 valence electrons. The molecule has 0 saturated heterocycles. The minimum atomic E-state index is -0.927. The van der Waals surface area contributed by atoms with Crippen molar-refractivity contribution in [2.24, 2.45) is 0 Å². The van der Waals surface area contributed by atoms with Crippen LogP contribution in [-0.2, 0) is 16.1 Å². The maximum Gasteiger partial charge on any atom is 0.358 e. The van der Waals surface area contributed by atoms with Gasteiger partial charge in [-0.25, -0.2) is 9.78 Å². The van der Waals surface area contributed by atoms with Gasteiger partial charge in [0, 0.05) is 11.9 Å². The largest absolute Gasteiger partial charge is 0.467 e. The summed E-state index contributed by atoms with van der Waals surface area (Å²) in [6, 6.07) is 3.47. The van der Waals surface area contributed by atoms with E-state index in [1.54, 1.807) is 23.6 Å². The summed E-state index contributed by atoms with van der Waals surface area (Å²) in [5.41, 5.74) is 0.159. The first-order chi connectivity index (χ1) is 11.1. The summed E-state index contributed by atoms with van der Waals surface area (Å²) in [6.45, 7) is 5.87. The fraction of sp³-hybridized carbons (Fsp3) is 0.267. The van der Waals surface area contributed by atoms with Crippen LogP contribution in [0.3, 0.4) is 0 Å². The van der Waals surface area contributed by atoms with Crippen LogP contribution < -0.4 is 10.6 Å². The number of amides is 1. The lowest BCUT2D eigenvalue weighted by molar-refractivity contribution is -0.129. The molecule has 0 fully saturated rings. The van der Waals surface area contributed by atoms with Crippen LogP contribution in [0.1, 0.15) is 23.2 Å². The van der Waals surface area contributed by atoms with Crippen molar-refractivity contribution in [2.45, 2.75) is 19.6 Å². The van der Waals surface area contributed by atoms with E-state index in [9.17, 15) is 9.59 Å². The molecule has 0 radical (unpaired) electrons. The lowest BCUT2D eigenvalue weighted by Crippen LogP contribution is -2.35. The van der Waals surface area contributed by atoms with E-state index in [0.29, 0.717) is 17.4 Å². The van der Waals surface area contributed by atoms with Crippen LogP contribution in [0.15, 0.2) is 40.8 Å². The van der Waals surface area contributed by atoms with Crippen LogP contribution in [0.4, 0.5) is 5.13 Å². The standard InChI is InChI=1S/C15H17N3O4S/c1-3-6-16-15-18-12(9-23-15)14(20)22-10(2)13(19)17-8-11-5-4-7-21-11/h3-5,7,9-10H,1,6,8H2,2H3,(H,16,18)(H,17,19). The second-order valence-corrected chi connectivity index (χ2v) is 5.41. The number of ether oxygens (including phenoxy) is 1. The first-order valence-corrected chi connectivity index (χ1v) is 7.79. The Morgan fingerprint density at radius 1 is 1.57 bits per heavy atom. The fourth-order valence-corrected chi connectivity index (χ4v) is 2.30. The molecule has 7 nitrogen and oxygen atoms in total. The molecule has 2 heterocycles. The maximum atomic E-state index is 12.0. The Morgan fingerprint density at radius 3 is 3.09 bits per heavy atom. The number of carbonyl (C=O) groups is 2. The van der Waals surface area contributed by atoms with Crippen molar-refractivity contribution in [3.63, 3.8) is 0 Å². The van der Waals surface area contributed by atoms with E-state index in [4.69, 9.17) is 9.15 Å².